The normalized spacial score (nSPS) is 13.5. The Hall–Kier alpha value is -1.85. The Morgan fingerprint density at radius 1 is 1.29 bits per heavy atom. The highest BCUT2D eigenvalue weighted by atomic mass is 35.5. The molecule has 0 saturated carbocycles. The Morgan fingerprint density at radius 3 is 2.75 bits per heavy atom. The van der Waals surface area contributed by atoms with Gasteiger partial charge < -0.3 is 10.2 Å². The molecule has 2 heterocycles. The third-order valence-corrected chi connectivity index (χ3v) is 5.60. The van der Waals surface area contributed by atoms with E-state index in [1.165, 1.54) is 16.2 Å². The highest BCUT2D eigenvalue weighted by molar-refractivity contribution is 7.14. The van der Waals surface area contributed by atoms with Gasteiger partial charge in [0, 0.05) is 36.0 Å². The summed E-state index contributed by atoms with van der Waals surface area (Å²) in [5.74, 6) is 0.0957. The first-order valence-corrected chi connectivity index (χ1v) is 9.18. The van der Waals surface area contributed by atoms with Gasteiger partial charge in [-0.25, -0.2) is 0 Å². The molecule has 2 amide bonds. The average molecular weight is 363 g/mol. The maximum absolute atomic E-state index is 12.4. The Bertz CT molecular complexity index is 755. The standard InChI is InChI=1S/C18H19ClN2O2S/c1-2-17(22)21-8-7-15-13(11-21)9-16(24-15)18(23)20-10-12-3-5-14(19)6-4-12/h3-6,9H,2,7-8,10-11H2,1H3,(H,20,23). The minimum atomic E-state index is -0.0716. The number of hydrogen-bond donors (Lipinski definition) is 1. The van der Waals surface area contributed by atoms with Gasteiger partial charge in [-0.1, -0.05) is 30.7 Å². The zero-order valence-electron chi connectivity index (χ0n) is 13.5. The van der Waals surface area contributed by atoms with Crippen LogP contribution in [-0.4, -0.2) is 23.3 Å². The number of benzene rings is 1. The van der Waals surface area contributed by atoms with Crippen LogP contribution in [0.5, 0.6) is 0 Å². The molecule has 1 aromatic carbocycles. The van der Waals surface area contributed by atoms with Gasteiger partial charge in [-0.15, -0.1) is 11.3 Å². The predicted octanol–water partition coefficient (Wildman–Crippen LogP) is 3.63. The molecule has 3 rings (SSSR count). The fraction of sp³-hybridized carbons (Fsp3) is 0.333. The minimum Gasteiger partial charge on any atom is -0.347 e. The second-order valence-electron chi connectivity index (χ2n) is 5.79. The maximum Gasteiger partial charge on any atom is 0.261 e. The molecule has 126 valence electrons. The van der Waals surface area contributed by atoms with Crippen molar-refractivity contribution < 1.29 is 9.59 Å². The van der Waals surface area contributed by atoms with Gasteiger partial charge in [-0.3, -0.25) is 9.59 Å². The van der Waals surface area contributed by atoms with Crippen molar-refractivity contribution in [3.8, 4) is 0 Å². The fourth-order valence-corrected chi connectivity index (χ4v) is 3.96. The van der Waals surface area contributed by atoms with E-state index in [1.54, 1.807) is 0 Å². The van der Waals surface area contributed by atoms with Gasteiger partial charge in [-0.2, -0.15) is 0 Å². The molecule has 6 heteroatoms. The monoisotopic (exact) mass is 362 g/mol. The van der Waals surface area contributed by atoms with Crippen molar-refractivity contribution in [2.45, 2.75) is 32.9 Å². The summed E-state index contributed by atoms with van der Waals surface area (Å²) < 4.78 is 0. The van der Waals surface area contributed by atoms with Gasteiger partial charge in [0.1, 0.15) is 0 Å². The Morgan fingerprint density at radius 2 is 2.04 bits per heavy atom. The first kappa shape index (κ1) is 17.0. The number of rotatable bonds is 4. The second-order valence-corrected chi connectivity index (χ2v) is 7.36. The van der Waals surface area contributed by atoms with Crippen molar-refractivity contribution in [3.63, 3.8) is 0 Å². The molecule has 0 spiro atoms. The molecule has 0 aliphatic carbocycles. The van der Waals surface area contributed by atoms with Crippen LogP contribution in [0.3, 0.4) is 0 Å². The zero-order chi connectivity index (χ0) is 17.1. The summed E-state index contributed by atoms with van der Waals surface area (Å²) in [6.45, 7) is 3.70. The molecule has 0 atom stereocenters. The van der Waals surface area contributed by atoms with Crippen LogP contribution in [0.25, 0.3) is 0 Å². The van der Waals surface area contributed by atoms with Crippen LogP contribution < -0.4 is 5.32 Å². The topological polar surface area (TPSA) is 49.4 Å². The van der Waals surface area contributed by atoms with E-state index in [-0.39, 0.29) is 11.8 Å². The van der Waals surface area contributed by atoms with Crippen molar-refractivity contribution in [3.05, 3.63) is 56.2 Å². The number of amides is 2. The van der Waals surface area contributed by atoms with Gasteiger partial charge in [0.05, 0.1) is 4.88 Å². The van der Waals surface area contributed by atoms with E-state index in [0.717, 1.165) is 24.1 Å². The smallest absolute Gasteiger partial charge is 0.261 e. The first-order chi connectivity index (χ1) is 11.6. The highest BCUT2D eigenvalue weighted by Crippen LogP contribution is 2.28. The summed E-state index contributed by atoms with van der Waals surface area (Å²) in [6.07, 6.45) is 1.35. The van der Waals surface area contributed by atoms with Crippen LogP contribution in [0.4, 0.5) is 0 Å². The summed E-state index contributed by atoms with van der Waals surface area (Å²) in [5, 5.41) is 3.62. The third-order valence-electron chi connectivity index (χ3n) is 4.11. The molecule has 0 bridgehead atoms. The minimum absolute atomic E-state index is 0.0716. The maximum atomic E-state index is 12.4. The van der Waals surface area contributed by atoms with Gasteiger partial charge in [0.2, 0.25) is 5.91 Å². The van der Waals surface area contributed by atoms with Crippen LogP contribution >= 0.6 is 22.9 Å². The van der Waals surface area contributed by atoms with Crippen LogP contribution in [-0.2, 0) is 24.3 Å². The van der Waals surface area contributed by atoms with Crippen LogP contribution in [0.2, 0.25) is 5.02 Å². The number of halogens is 1. The Balaban J connectivity index is 1.63. The number of thiophene rings is 1. The lowest BCUT2D eigenvalue weighted by atomic mass is 10.1. The molecule has 1 aliphatic rings. The number of carbonyl (C=O) groups is 2. The van der Waals surface area contributed by atoms with Crippen molar-refractivity contribution >= 4 is 34.8 Å². The summed E-state index contributed by atoms with van der Waals surface area (Å²) in [5.41, 5.74) is 2.11. The quantitative estimate of drug-likeness (QED) is 0.902. The van der Waals surface area contributed by atoms with Crippen LogP contribution in [0.1, 0.15) is 39.0 Å². The third kappa shape index (κ3) is 3.79. The molecule has 0 radical (unpaired) electrons. The van der Waals surface area contributed by atoms with Crippen molar-refractivity contribution in [2.24, 2.45) is 0 Å². The summed E-state index contributed by atoms with van der Waals surface area (Å²) in [4.78, 5) is 28.0. The van der Waals surface area contributed by atoms with E-state index in [9.17, 15) is 9.59 Å². The SMILES string of the molecule is CCC(=O)N1CCc2sc(C(=O)NCc3ccc(Cl)cc3)cc2C1. The first-order valence-electron chi connectivity index (χ1n) is 7.99. The molecule has 1 aliphatic heterocycles. The number of carbonyl (C=O) groups excluding carboxylic acids is 2. The number of nitrogens with one attached hydrogen (secondary N) is 1. The summed E-state index contributed by atoms with van der Waals surface area (Å²) in [7, 11) is 0. The van der Waals surface area contributed by atoms with Crippen LogP contribution in [0.15, 0.2) is 30.3 Å². The van der Waals surface area contributed by atoms with E-state index < -0.39 is 0 Å². The van der Waals surface area contributed by atoms with Gasteiger partial charge in [0.15, 0.2) is 0 Å². The molecule has 0 unspecified atom stereocenters. The molecular weight excluding hydrogens is 344 g/mol. The predicted molar refractivity (Wildman–Crippen MR) is 96.4 cm³/mol. The van der Waals surface area contributed by atoms with Gasteiger partial charge in [0.25, 0.3) is 5.91 Å². The lowest BCUT2D eigenvalue weighted by molar-refractivity contribution is -0.131. The second kappa shape index (κ2) is 7.36. The van der Waals surface area contributed by atoms with E-state index >= 15 is 0 Å². The molecular formula is C18H19ClN2O2S. The lowest BCUT2D eigenvalue weighted by Gasteiger charge is -2.26. The molecule has 0 saturated heterocycles. The van der Waals surface area contributed by atoms with E-state index in [0.29, 0.717) is 29.4 Å². The molecule has 24 heavy (non-hydrogen) atoms. The van der Waals surface area contributed by atoms with Crippen molar-refractivity contribution in [1.29, 1.82) is 0 Å². The van der Waals surface area contributed by atoms with Gasteiger partial charge >= 0.3 is 0 Å². The van der Waals surface area contributed by atoms with E-state index in [4.69, 9.17) is 11.6 Å². The van der Waals surface area contributed by atoms with Crippen molar-refractivity contribution in [1.82, 2.24) is 10.2 Å². The number of fused-ring (bicyclic) bond motifs is 1. The molecule has 1 aromatic heterocycles. The molecule has 0 fully saturated rings. The average Bonchev–Trinajstić information content (AvgIpc) is 3.03. The summed E-state index contributed by atoms with van der Waals surface area (Å²) >= 11 is 7.39. The van der Waals surface area contributed by atoms with Crippen LogP contribution in [0, 0.1) is 0 Å². The highest BCUT2D eigenvalue weighted by Gasteiger charge is 2.23. The lowest BCUT2D eigenvalue weighted by Crippen LogP contribution is -2.34. The zero-order valence-corrected chi connectivity index (χ0v) is 15.0. The van der Waals surface area contributed by atoms with E-state index in [1.807, 2.05) is 42.2 Å². The Kier molecular flexibility index (Phi) is 5.21. The largest absolute Gasteiger partial charge is 0.347 e. The Labute approximate surface area is 150 Å². The van der Waals surface area contributed by atoms with Gasteiger partial charge in [-0.05, 0) is 35.7 Å². The van der Waals surface area contributed by atoms with E-state index in [2.05, 4.69) is 5.32 Å². The summed E-state index contributed by atoms with van der Waals surface area (Å²) in [6, 6.07) is 9.34. The number of hydrogen-bond acceptors (Lipinski definition) is 3. The fourth-order valence-electron chi connectivity index (χ4n) is 2.75. The number of nitrogens with zero attached hydrogens (tertiary/aromatic N) is 1. The molecule has 1 N–H and O–H groups in total. The molecule has 2 aromatic rings. The molecule has 4 nitrogen and oxygen atoms in total. The van der Waals surface area contributed by atoms with Crippen molar-refractivity contribution in [2.75, 3.05) is 6.54 Å².